The lowest BCUT2D eigenvalue weighted by Gasteiger charge is -2.07. The summed E-state index contributed by atoms with van der Waals surface area (Å²) in [7, 11) is 0. The van der Waals surface area contributed by atoms with Crippen LogP contribution in [-0.2, 0) is 17.7 Å². The fourth-order valence-electron chi connectivity index (χ4n) is 2.05. The van der Waals surface area contributed by atoms with Crippen molar-refractivity contribution in [3.05, 3.63) is 40.2 Å². The average Bonchev–Trinajstić information content (AvgIpc) is 2.89. The summed E-state index contributed by atoms with van der Waals surface area (Å²) in [6.45, 7) is 8.73. The van der Waals surface area contributed by atoms with E-state index in [0.29, 0.717) is 6.04 Å². The summed E-state index contributed by atoms with van der Waals surface area (Å²) in [5, 5.41) is 4.65. The molecule has 0 saturated heterocycles. The van der Waals surface area contributed by atoms with Crippen molar-refractivity contribution in [3.8, 4) is 11.3 Å². The molecule has 1 aromatic carbocycles. The van der Waals surface area contributed by atoms with Gasteiger partial charge in [0.1, 0.15) is 0 Å². The van der Waals surface area contributed by atoms with Gasteiger partial charge in [-0.1, -0.05) is 44.2 Å². The Morgan fingerprint density at radius 1 is 1.24 bits per heavy atom. The van der Waals surface area contributed by atoms with Gasteiger partial charge in [0.15, 0.2) is 0 Å². The van der Waals surface area contributed by atoms with Gasteiger partial charge in [-0.05, 0) is 6.92 Å². The molecule has 3 nitrogen and oxygen atoms in total. The molecule has 1 aromatic heterocycles. The topological polar surface area (TPSA) is 34.1 Å². The standard InChI is InChI=1S/C17H24N2OS/c1-4-20-11-10-16-19-17(14-8-6-5-7-9-14)15(21-16)12-18-13(2)3/h5-9,13,18H,4,10-12H2,1-3H3. The van der Waals surface area contributed by atoms with Gasteiger partial charge in [0.25, 0.3) is 0 Å². The SMILES string of the molecule is CCOCCc1nc(-c2ccccc2)c(CNC(C)C)s1. The fourth-order valence-corrected chi connectivity index (χ4v) is 3.07. The molecule has 0 unspecified atom stereocenters. The minimum Gasteiger partial charge on any atom is -0.381 e. The van der Waals surface area contributed by atoms with E-state index in [1.807, 2.05) is 13.0 Å². The van der Waals surface area contributed by atoms with Crippen LogP contribution in [0.25, 0.3) is 11.3 Å². The molecule has 2 aromatic rings. The molecule has 21 heavy (non-hydrogen) atoms. The van der Waals surface area contributed by atoms with Crippen LogP contribution in [0.1, 0.15) is 30.7 Å². The van der Waals surface area contributed by atoms with Gasteiger partial charge in [0.05, 0.1) is 17.3 Å². The van der Waals surface area contributed by atoms with Gasteiger partial charge in [0, 0.05) is 36.1 Å². The number of aromatic nitrogens is 1. The zero-order valence-corrected chi connectivity index (χ0v) is 13.9. The molecule has 114 valence electrons. The van der Waals surface area contributed by atoms with E-state index >= 15 is 0 Å². The Balaban J connectivity index is 2.19. The first kappa shape index (κ1) is 16.1. The zero-order valence-electron chi connectivity index (χ0n) is 13.1. The zero-order chi connectivity index (χ0) is 15.1. The van der Waals surface area contributed by atoms with E-state index in [9.17, 15) is 0 Å². The summed E-state index contributed by atoms with van der Waals surface area (Å²) < 4.78 is 5.44. The normalized spacial score (nSPS) is 11.2. The van der Waals surface area contributed by atoms with Crippen LogP contribution in [0.15, 0.2) is 30.3 Å². The summed E-state index contributed by atoms with van der Waals surface area (Å²) in [6, 6.07) is 10.9. The van der Waals surface area contributed by atoms with Crippen LogP contribution in [0.3, 0.4) is 0 Å². The van der Waals surface area contributed by atoms with E-state index in [4.69, 9.17) is 9.72 Å². The molecule has 0 fully saturated rings. The number of ether oxygens (including phenoxy) is 1. The molecule has 0 aliphatic carbocycles. The van der Waals surface area contributed by atoms with Gasteiger partial charge in [-0.15, -0.1) is 11.3 Å². The molecule has 0 aliphatic heterocycles. The summed E-state index contributed by atoms with van der Waals surface area (Å²) >= 11 is 1.79. The molecular weight excluding hydrogens is 280 g/mol. The van der Waals surface area contributed by atoms with Crippen molar-refractivity contribution in [1.29, 1.82) is 0 Å². The lowest BCUT2D eigenvalue weighted by molar-refractivity contribution is 0.151. The van der Waals surface area contributed by atoms with Crippen LogP contribution in [0.2, 0.25) is 0 Å². The smallest absolute Gasteiger partial charge is 0.0958 e. The minimum atomic E-state index is 0.475. The number of nitrogens with one attached hydrogen (secondary N) is 1. The van der Waals surface area contributed by atoms with Gasteiger partial charge < -0.3 is 10.1 Å². The Kier molecular flexibility index (Phi) is 6.36. The van der Waals surface area contributed by atoms with E-state index in [2.05, 4.69) is 43.4 Å². The lowest BCUT2D eigenvalue weighted by atomic mass is 10.1. The molecular formula is C17H24N2OS. The van der Waals surface area contributed by atoms with Crippen molar-refractivity contribution in [3.63, 3.8) is 0 Å². The largest absolute Gasteiger partial charge is 0.381 e. The first-order valence-electron chi connectivity index (χ1n) is 7.55. The predicted octanol–water partition coefficient (Wildman–Crippen LogP) is 3.89. The van der Waals surface area contributed by atoms with E-state index in [-0.39, 0.29) is 0 Å². The van der Waals surface area contributed by atoms with Gasteiger partial charge in [-0.2, -0.15) is 0 Å². The Morgan fingerprint density at radius 2 is 2.00 bits per heavy atom. The Hall–Kier alpha value is -1.23. The monoisotopic (exact) mass is 304 g/mol. The summed E-state index contributed by atoms with van der Waals surface area (Å²) in [5.41, 5.74) is 2.30. The van der Waals surface area contributed by atoms with Gasteiger partial charge in [-0.3, -0.25) is 0 Å². The summed E-state index contributed by atoms with van der Waals surface area (Å²) in [5.74, 6) is 0. The Morgan fingerprint density at radius 3 is 2.67 bits per heavy atom. The van der Waals surface area contributed by atoms with E-state index in [1.165, 1.54) is 10.4 Å². The quantitative estimate of drug-likeness (QED) is 0.751. The fraction of sp³-hybridized carbons (Fsp3) is 0.471. The first-order chi connectivity index (χ1) is 10.2. The van der Waals surface area contributed by atoms with Crippen LogP contribution in [0.5, 0.6) is 0 Å². The highest BCUT2D eigenvalue weighted by atomic mass is 32.1. The Labute approximate surface area is 131 Å². The van der Waals surface area contributed by atoms with Gasteiger partial charge in [-0.25, -0.2) is 4.98 Å². The Bertz CT molecular complexity index is 537. The highest BCUT2D eigenvalue weighted by Crippen LogP contribution is 2.28. The second-order valence-corrected chi connectivity index (χ2v) is 6.40. The van der Waals surface area contributed by atoms with Crippen LogP contribution >= 0.6 is 11.3 Å². The molecule has 0 radical (unpaired) electrons. The molecule has 0 saturated carbocycles. The predicted molar refractivity (Wildman–Crippen MR) is 89.7 cm³/mol. The maximum atomic E-state index is 5.44. The van der Waals surface area contributed by atoms with E-state index in [0.717, 1.165) is 36.9 Å². The highest BCUT2D eigenvalue weighted by Gasteiger charge is 2.13. The maximum Gasteiger partial charge on any atom is 0.0958 e. The highest BCUT2D eigenvalue weighted by molar-refractivity contribution is 7.12. The third kappa shape index (κ3) is 4.92. The van der Waals surface area contributed by atoms with Crippen molar-refractivity contribution in [1.82, 2.24) is 10.3 Å². The van der Waals surface area contributed by atoms with E-state index < -0.39 is 0 Å². The first-order valence-corrected chi connectivity index (χ1v) is 8.37. The van der Waals surface area contributed by atoms with Crippen molar-refractivity contribution in [2.45, 2.75) is 39.8 Å². The third-order valence-electron chi connectivity index (χ3n) is 3.12. The molecule has 0 spiro atoms. The number of benzene rings is 1. The second kappa shape index (κ2) is 8.27. The molecule has 1 N–H and O–H groups in total. The number of thiazole rings is 1. The maximum absolute atomic E-state index is 5.44. The van der Waals surface area contributed by atoms with Crippen LogP contribution in [0.4, 0.5) is 0 Å². The van der Waals surface area contributed by atoms with Crippen molar-refractivity contribution in [2.24, 2.45) is 0 Å². The van der Waals surface area contributed by atoms with Crippen LogP contribution in [0, 0.1) is 0 Å². The summed E-state index contributed by atoms with van der Waals surface area (Å²) in [4.78, 5) is 6.14. The molecule has 1 heterocycles. The number of nitrogens with zero attached hydrogens (tertiary/aromatic N) is 1. The molecule has 4 heteroatoms. The number of hydrogen-bond donors (Lipinski definition) is 1. The third-order valence-corrected chi connectivity index (χ3v) is 4.24. The number of hydrogen-bond acceptors (Lipinski definition) is 4. The molecule has 0 aliphatic rings. The van der Waals surface area contributed by atoms with Gasteiger partial charge >= 0.3 is 0 Å². The average molecular weight is 304 g/mol. The van der Waals surface area contributed by atoms with Gasteiger partial charge in [0.2, 0.25) is 0 Å². The molecule has 2 rings (SSSR count). The number of rotatable bonds is 8. The molecule has 0 atom stereocenters. The molecule has 0 amide bonds. The van der Waals surface area contributed by atoms with Crippen molar-refractivity contribution in [2.75, 3.05) is 13.2 Å². The summed E-state index contributed by atoms with van der Waals surface area (Å²) in [6.07, 6.45) is 0.889. The van der Waals surface area contributed by atoms with Crippen molar-refractivity contribution >= 4 is 11.3 Å². The van der Waals surface area contributed by atoms with E-state index in [1.54, 1.807) is 11.3 Å². The second-order valence-electron chi connectivity index (χ2n) is 5.23. The molecule has 0 bridgehead atoms. The lowest BCUT2D eigenvalue weighted by Crippen LogP contribution is -2.21. The van der Waals surface area contributed by atoms with Crippen LogP contribution < -0.4 is 5.32 Å². The van der Waals surface area contributed by atoms with Crippen molar-refractivity contribution < 1.29 is 4.74 Å². The minimum absolute atomic E-state index is 0.475. The van der Waals surface area contributed by atoms with Crippen LogP contribution in [-0.4, -0.2) is 24.2 Å².